The minimum Gasteiger partial charge on any atom is -0.480 e. The smallest absolute Gasteiger partial charge is 0.345 e. The van der Waals surface area contributed by atoms with Crippen molar-refractivity contribution in [2.45, 2.75) is 24.6 Å². The predicted molar refractivity (Wildman–Crippen MR) is 56.3 cm³/mol. The van der Waals surface area contributed by atoms with E-state index in [4.69, 9.17) is 5.11 Å². The van der Waals surface area contributed by atoms with Crippen LogP contribution in [-0.4, -0.2) is 34.9 Å². The fourth-order valence-electron chi connectivity index (χ4n) is 1.30. The Morgan fingerprint density at radius 3 is 2.60 bits per heavy atom. The van der Waals surface area contributed by atoms with E-state index >= 15 is 0 Å². The van der Waals surface area contributed by atoms with Gasteiger partial charge in [0.1, 0.15) is 10.9 Å². The van der Waals surface area contributed by atoms with Gasteiger partial charge in [0.25, 0.3) is 0 Å². The second-order valence-corrected chi connectivity index (χ2v) is 5.34. The molecule has 0 spiro atoms. The molecule has 1 atom stereocenters. The molecular weight excluding hydrogens is 218 g/mol. The number of carboxylic acid groups (broad SMARTS) is 1. The van der Waals surface area contributed by atoms with Crippen LogP contribution in [0.25, 0.3) is 0 Å². The summed E-state index contributed by atoms with van der Waals surface area (Å²) in [7, 11) is 1.29. The van der Waals surface area contributed by atoms with E-state index in [9.17, 15) is 9.59 Å². The lowest BCUT2D eigenvalue weighted by Crippen LogP contribution is -2.50. The van der Waals surface area contributed by atoms with Gasteiger partial charge in [0.15, 0.2) is 0 Å². The van der Waals surface area contributed by atoms with Gasteiger partial charge in [0.2, 0.25) is 0 Å². The van der Waals surface area contributed by atoms with Crippen molar-refractivity contribution >= 4 is 23.7 Å². The predicted octanol–water partition coefficient (Wildman–Crippen LogP) is 0.569. The molecule has 5 nitrogen and oxygen atoms in total. The van der Waals surface area contributed by atoms with Gasteiger partial charge < -0.3 is 15.2 Å². The van der Waals surface area contributed by atoms with Crippen molar-refractivity contribution in [3.05, 3.63) is 11.1 Å². The standard InChI is InChI=1S/C9H13NO4S/c1-9(2)6(7(11)12)10-4-5(15-9)8(13)14-3/h4,6,10H,1-3H3,(H,11,12). The monoisotopic (exact) mass is 231 g/mol. The van der Waals surface area contributed by atoms with Gasteiger partial charge in [0.05, 0.1) is 7.11 Å². The van der Waals surface area contributed by atoms with Crippen molar-refractivity contribution in [1.82, 2.24) is 5.32 Å². The van der Waals surface area contributed by atoms with Crippen LogP contribution in [0.3, 0.4) is 0 Å². The molecule has 2 N–H and O–H groups in total. The van der Waals surface area contributed by atoms with Crippen molar-refractivity contribution in [2.75, 3.05) is 7.11 Å². The summed E-state index contributed by atoms with van der Waals surface area (Å²) in [6.45, 7) is 3.53. The Morgan fingerprint density at radius 2 is 2.20 bits per heavy atom. The molecule has 0 amide bonds. The van der Waals surface area contributed by atoms with Gasteiger partial charge in [-0.2, -0.15) is 0 Å². The summed E-state index contributed by atoms with van der Waals surface area (Å²) in [5.41, 5.74) is 0. The number of ether oxygens (including phenoxy) is 1. The van der Waals surface area contributed by atoms with Gasteiger partial charge in [-0.1, -0.05) is 0 Å². The zero-order valence-corrected chi connectivity index (χ0v) is 9.55. The van der Waals surface area contributed by atoms with E-state index in [0.717, 1.165) is 0 Å². The number of carbonyl (C=O) groups is 2. The van der Waals surface area contributed by atoms with Crippen LogP contribution in [0.4, 0.5) is 0 Å². The molecule has 0 saturated carbocycles. The largest absolute Gasteiger partial charge is 0.480 e. The molecule has 0 aromatic carbocycles. The van der Waals surface area contributed by atoms with Crippen LogP contribution in [0.15, 0.2) is 11.1 Å². The van der Waals surface area contributed by atoms with Crippen LogP contribution in [0, 0.1) is 0 Å². The van der Waals surface area contributed by atoms with E-state index in [2.05, 4.69) is 10.1 Å². The number of methoxy groups -OCH3 is 1. The Labute approximate surface area is 91.9 Å². The molecule has 1 aliphatic rings. The average molecular weight is 231 g/mol. The number of carboxylic acids is 1. The molecular formula is C9H13NO4S. The first kappa shape index (κ1) is 11.9. The van der Waals surface area contributed by atoms with E-state index in [1.165, 1.54) is 25.1 Å². The summed E-state index contributed by atoms with van der Waals surface area (Å²) in [4.78, 5) is 22.5. The van der Waals surface area contributed by atoms with E-state index in [1.807, 2.05) is 0 Å². The first-order valence-electron chi connectivity index (χ1n) is 4.35. The molecule has 0 fully saturated rings. The molecule has 0 radical (unpaired) electrons. The highest BCUT2D eigenvalue weighted by Crippen LogP contribution is 2.37. The van der Waals surface area contributed by atoms with Crippen molar-refractivity contribution in [2.24, 2.45) is 0 Å². The normalized spacial score (nSPS) is 23.7. The quantitative estimate of drug-likeness (QED) is 0.677. The molecule has 84 valence electrons. The Kier molecular flexibility index (Phi) is 3.28. The lowest BCUT2D eigenvalue weighted by Gasteiger charge is -2.34. The van der Waals surface area contributed by atoms with Crippen molar-refractivity contribution < 1.29 is 19.4 Å². The third-order valence-electron chi connectivity index (χ3n) is 2.08. The van der Waals surface area contributed by atoms with Gasteiger partial charge in [0, 0.05) is 10.9 Å². The van der Waals surface area contributed by atoms with Gasteiger partial charge in [-0.15, -0.1) is 11.8 Å². The molecule has 15 heavy (non-hydrogen) atoms. The number of thioether (sulfide) groups is 1. The van der Waals surface area contributed by atoms with E-state index < -0.39 is 22.7 Å². The number of aliphatic carboxylic acids is 1. The molecule has 1 heterocycles. The molecule has 6 heteroatoms. The Morgan fingerprint density at radius 1 is 1.60 bits per heavy atom. The summed E-state index contributed by atoms with van der Waals surface area (Å²) in [6, 6.07) is -0.712. The first-order chi connectivity index (χ1) is 6.88. The lowest BCUT2D eigenvalue weighted by atomic mass is 10.0. The summed E-state index contributed by atoms with van der Waals surface area (Å²) in [5.74, 6) is -1.39. The Balaban J connectivity index is 2.88. The van der Waals surface area contributed by atoms with Gasteiger partial charge in [-0.25, -0.2) is 9.59 Å². The lowest BCUT2D eigenvalue weighted by molar-refractivity contribution is -0.140. The van der Waals surface area contributed by atoms with Crippen LogP contribution < -0.4 is 5.32 Å². The fourth-order valence-corrected chi connectivity index (χ4v) is 2.45. The maximum atomic E-state index is 11.2. The molecule has 1 rings (SSSR count). The van der Waals surface area contributed by atoms with E-state index in [0.29, 0.717) is 4.91 Å². The number of carbonyl (C=O) groups excluding carboxylic acids is 1. The molecule has 0 aromatic heterocycles. The highest BCUT2D eigenvalue weighted by Gasteiger charge is 2.40. The number of esters is 1. The van der Waals surface area contributed by atoms with Gasteiger partial charge >= 0.3 is 11.9 Å². The van der Waals surface area contributed by atoms with Crippen LogP contribution in [0.1, 0.15) is 13.8 Å². The van der Waals surface area contributed by atoms with Crippen LogP contribution in [-0.2, 0) is 14.3 Å². The zero-order valence-electron chi connectivity index (χ0n) is 8.73. The van der Waals surface area contributed by atoms with Gasteiger partial charge in [-0.05, 0) is 13.8 Å². The second-order valence-electron chi connectivity index (χ2n) is 3.64. The van der Waals surface area contributed by atoms with Crippen molar-refractivity contribution in [3.63, 3.8) is 0 Å². The van der Waals surface area contributed by atoms with E-state index in [-0.39, 0.29) is 0 Å². The average Bonchev–Trinajstić information content (AvgIpc) is 2.14. The molecule has 0 aromatic rings. The van der Waals surface area contributed by atoms with Crippen molar-refractivity contribution in [1.29, 1.82) is 0 Å². The highest BCUT2D eigenvalue weighted by atomic mass is 32.2. The molecule has 0 bridgehead atoms. The number of nitrogens with one attached hydrogen (secondary N) is 1. The topological polar surface area (TPSA) is 75.6 Å². The third kappa shape index (κ3) is 2.44. The Hall–Kier alpha value is -1.17. The second kappa shape index (κ2) is 4.14. The zero-order chi connectivity index (χ0) is 11.6. The highest BCUT2D eigenvalue weighted by molar-refractivity contribution is 8.05. The number of hydrogen-bond donors (Lipinski definition) is 2. The summed E-state index contributed by atoms with van der Waals surface area (Å²) in [5, 5.41) is 11.6. The summed E-state index contributed by atoms with van der Waals surface area (Å²) in [6.07, 6.45) is 1.39. The molecule has 0 saturated heterocycles. The minimum atomic E-state index is -0.937. The van der Waals surface area contributed by atoms with E-state index in [1.54, 1.807) is 13.8 Å². The summed E-state index contributed by atoms with van der Waals surface area (Å²) >= 11 is 1.20. The molecule has 1 unspecified atom stereocenters. The van der Waals surface area contributed by atoms with Crippen LogP contribution >= 0.6 is 11.8 Å². The maximum absolute atomic E-state index is 11.2. The SMILES string of the molecule is COC(=O)C1=CNC(C(=O)O)C(C)(C)S1. The third-order valence-corrected chi connectivity index (χ3v) is 3.35. The molecule has 0 aliphatic carbocycles. The summed E-state index contributed by atoms with van der Waals surface area (Å²) < 4.78 is 3.97. The van der Waals surface area contributed by atoms with Gasteiger partial charge in [-0.3, -0.25) is 0 Å². The Bertz CT molecular complexity index is 324. The van der Waals surface area contributed by atoms with Crippen LogP contribution in [0.5, 0.6) is 0 Å². The van der Waals surface area contributed by atoms with Crippen molar-refractivity contribution in [3.8, 4) is 0 Å². The minimum absolute atomic E-state index is 0.389. The number of hydrogen-bond acceptors (Lipinski definition) is 5. The first-order valence-corrected chi connectivity index (χ1v) is 5.16. The van der Waals surface area contributed by atoms with Crippen LogP contribution in [0.2, 0.25) is 0 Å². The number of rotatable bonds is 2. The fraction of sp³-hybridized carbons (Fsp3) is 0.556. The maximum Gasteiger partial charge on any atom is 0.345 e. The molecule has 1 aliphatic heterocycles.